The van der Waals surface area contributed by atoms with Crippen LogP contribution in [0, 0.1) is 5.92 Å². The van der Waals surface area contributed by atoms with Crippen molar-refractivity contribution in [2.45, 2.75) is 44.9 Å². The van der Waals surface area contributed by atoms with E-state index in [1.165, 1.54) is 4.80 Å². The van der Waals surface area contributed by atoms with Gasteiger partial charge in [0.15, 0.2) is 6.04 Å². The Labute approximate surface area is 163 Å². The van der Waals surface area contributed by atoms with Gasteiger partial charge in [-0.15, -0.1) is 10.2 Å². The predicted octanol–water partition coefficient (Wildman–Crippen LogP) is 1.63. The number of benzene rings is 1. The fraction of sp³-hybridized carbons (Fsp3) is 0.526. The van der Waals surface area contributed by atoms with Gasteiger partial charge in [-0.25, -0.2) is 0 Å². The summed E-state index contributed by atoms with van der Waals surface area (Å²) in [6.07, 6.45) is 0.209. The van der Waals surface area contributed by atoms with E-state index in [1.54, 1.807) is 12.0 Å². The van der Waals surface area contributed by atoms with Crippen molar-refractivity contribution in [2.24, 2.45) is 5.92 Å². The van der Waals surface area contributed by atoms with E-state index in [2.05, 4.69) is 15.4 Å². The number of tetrazole rings is 1. The van der Waals surface area contributed by atoms with Gasteiger partial charge >= 0.3 is 5.97 Å². The second-order valence-corrected chi connectivity index (χ2v) is 7.32. The first-order valence-electron chi connectivity index (χ1n) is 9.30. The molecule has 150 valence electrons. The number of methoxy groups -OCH3 is 1. The largest absolute Gasteiger partial charge is 0.481 e. The molecule has 1 N–H and O–H groups in total. The number of rotatable bonds is 7. The lowest BCUT2D eigenvalue weighted by atomic mass is 10.0. The van der Waals surface area contributed by atoms with Crippen molar-refractivity contribution >= 4 is 11.9 Å². The maximum atomic E-state index is 13.3. The maximum Gasteiger partial charge on any atom is 0.305 e. The van der Waals surface area contributed by atoms with E-state index in [9.17, 15) is 14.7 Å². The Morgan fingerprint density at radius 1 is 1.29 bits per heavy atom. The average molecular weight is 387 g/mol. The van der Waals surface area contributed by atoms with E-state index in [4.69, 9.17) is 4.74 Å². The van der Waals surface area contributed by atoms with Gasteiger partial charge < -0.3 is 14.7 Å². The normalized spacial score (nSPS) is 20.5. The van der Waals surface area contributed by atoms with E-state index in [0.29, 0.717) is 18.8 Å². The Balaban J connectivity index is 1.86. The molecule has 0 spiro atoms. The summed E-state index contributed by atoms with van der Waals surface area (Å²) in [7, 11) is 1.57. The molecule has 0 aliphatic carbocycles. The fourth-order valence-electron chi connectivity index (χ4n) is 3.58. The quantitative estimate of drug-likeness (QED) is 0.769. The van der Waals surface area contributed by atoms with Gasteiger partial charge in [0.2, 0.25) is 11.7 Å². The molecule has 1 aromatic carbocycles. The molecule has 1 aliphatic heterocycles. The molecule has 3 unspecified atom stereocenters. The van der Waals surface area contributed by atoms with Crippen LogP contribution in [0.4, 0.5) is 0 Å². The van der Waals surface area contributed by atoms with Crippen molar-refractivity contribution in [3.63, 3.8) is 0 Å². The van der Waals surface area contributed by atoms with Crippen molar-refractivity contribution in [3.05, 3.63) is 30.3 Å². The lowest BCUT2D eigenvalue weighted by Crippen LogP contribution is -2.44. The van der Waals surface area contributed by atoms with E-state index in [-0.39, 0.29) is 24.3 Å². The van der Waals surface area contributed by atoms with Gasteiger partial charge in [0.25, 0.3) is 0 Å². The van der Waals surface area contributed by atoms with Gasteiger partial charge in [0, 0.05) is 25.3 Å². The zero-order valence-corrected chi connectivity index (χ0v) is 16.2. The van der Waals surface area contributed by atoms with Crippen LogP contribution < -0.4 is 0 Å². The SMILES string of the molecule is COC1CC(CC(=O)O)N(C(=O)C(C(C)C)n2nnc(-c3ccccc3)n2)C1. The molecule has 1 fully saturated rings. The number of carboxylic acids is 1. The standard InChI is InChI=1S/C19H25N5O4/c1-12(2)17(24-21-18(20-22-24)13-7-5-4-6-8-13)19(27)23-11-15(28-3)9-14(23)10-16(25)26/h4-8,12,14-15,17H,9-11H2,1-3H3,(H,25,26). The molecule has 3 rings (SSSR count). The Bertz CT molecular complexity index is 823. The van der Waals surface area contributed by atoms with Crippen molar-refractivity contribution in [1.82, 2.24) is 25.1 Å². The molecule has 9 nitrogen and oxygen atoms in total. The summed E-state index contributed by atoms with van der Waals surface area (Å²) in [6.45, 7) is 4.17. The molecule has 1 aliphatic rings. The molecule has 2 heterocycles. The third-order valence-electron chi connectivity index (χ3n) is 5.00. The van der Waals surface area contributed by atoms with Crippen LogP contribution in [0.3, 0.4) is 0 Å². The summed E-state index contributed by atoms with van der Waals surface area (Å²) < 4.78 is 5.37. The molecule has 28 heavy (non-hydrogen) atoms. The minimum Gasteiger partial charge on any atom is -0.481 e. The number of carbonyl (C=O) groups excluding carboxylic acids is 1. The number of ether oxygens (including phenoxy) is 1. The molecule has 1 amide bonds. The predicted molar refractivity (Wildman–Crippen MR) is 100 cm³/mol. The van der Waals surface area contributed by atoms with Gasteiger partial charge in [0.1, 0.15) is 0 Å². The van der Waals surface area contributed by atoms with Gasteiger partial charge in [0.05, 0.1) is 12.5 Å². The molecular formula is C19H25N5O4. The number of carboxylic acid groups (broad SMARTS) is 1. The summed E-state index contributed by atoms with van der Waals surface area (Å²) in [5.74, 6) is -0.807. The highest BCUT2D eigenvalue weighted by Crippen LogP contribution is 2.28. The number of amides is 1. The first kappa shape index (κ1) is 19.9. The summed E-state index contributed by atoms with van der Waals surface area (Å²) in [5.41, 5.74) is 0.813. The number of nitrogens with zero attached hydrogens (tertiary/aromatic N) is 5. The van der Waals surface area contributed by atoms with Crippen LogP contribution in [0.1, 0.15) is 32.7 Å². The molecule has 0 radical (unpaired) electrons. The number of hydrogen-bond donors (Lipinski definition) is 1. The van der Waals surface area contributed by atoms with Crippen molar-refractivity contribution in [1.29, 1.82) is 0 Å². The van der Waals surface area contributed by atoms with E-state index in [0.717, 1.165) is 5.56 Å². The maximum absolute atomic E-state index is 13.3. The molecular weight excluding hydrogens is 362 g/mol. The number of likely N-dealkylation sites (tertiary alicyclic amines) is 1. The van der Waals surface area contributed by atoms with E-state index in [1.807, 2.05) is 44.2 Å². The molecule has 0 saturated carbocycles. The summed E-state index contributed by atoms with van der Waals surface area (Å²) in [4.78, 5) is 27.5. The third-order valence-corrected chi connectivity index (χ3v) is 5.00. The second kappa shape index (κ2) is 8.47. The van der Waals surface area contributed by atoms with Crippen LogP contribution in [0.25, 0.3) is 11.4 Å². The van der Waals surface area contributed by atoms with E-state index >= 15 is 0 Å². The fourth-order valence-corrected chi connectivity index (χ4v) is 3.58. The lowest BCUT2D eigenvalue weighted by molar-refractivity contribution is -0.142. The van der Waals surface area contributed by atoms with Crippen LogP contribution >= 0.6 is 0 Å². The Morgan fingerprint density at radius 3 is 2.61 bits per heavy atom. The minimum atomic E-state index is -0.939. The lowest BCUT2D eigenvalue weighted by Gasteiger charge is -2.29. The number of aliphatic carboxylic acids is 1. The van der Waals surface area contributed by atoms with Crippen LogP contribution in [-0.2, 0) is 14.3 Å². The van der Waals surface area contributed by atoms with Gasteiger partial charge in [-0.3, -0.25) is 9.59 Å². The number of carbonyl (C=O) groups is 2. The Kier molecular flexibility index (Phi) is 6.03. The molecule has 0 bridgehead atoms. The third kappa shape index (κ3) is 4.19. The second-order valence-electron chi connectivity index (χ2n) is 7.32. The van der Waals surface area contributed by atoms with Crippen molar-refractivity contribution in [3.8, 4) is 11.4 Å². The van der Waals surface area contributed by atoms with Crippen LogP contribution in [-0.4, -0.2) is 67.9 Å². The first-order valence-corrected chi connectivity index (χ1v) is 9.30. The topological polar surface area (TPSA) is 110 Å². The van der Waals surface area contributed by atoms with Crippen LogP contribution in [0.5, 0.6) is 0 Å². The van der Waals surface area contributed by atoms with Crippen LogP contribution in [0.15, 0.2) is 30.3 Å². The molecule has 1 saturated heterocycles. The Hall–Kier alpha value is -2.81. The van der Waals surface area contributed by atoms with Crippen molar-refractivity contribution < 1.29 is 19.4 Å². The molecule has 3 atom stereocenters. The monoisotopic (exact) mass is 387 g/mol. The Morgan fingerprint density at radius 2 is 2.00 bits per heavy atom. The van der Waals surface area contributed by atoms with Gasteiger partial charge in [-0.05, 0) is 17.6 Å². The first-order chi connectivity index (χ1) is 13.4. The summed E-state index contributed by atoms with van der Waals surface area (Å²) in [6, 6.07) is 8.33. The van der Waals surface area contributed by atoms with E-state index < -0.39 is 18.1 Å². The van der Waals surface area contributed by atoms with Crippen molar-refractivity contribution in [2.75, 3.05) is 13.7 Å². The van der Waals surface area contributed by atoms with Gasteiger partial charge in [-0.2, -0.15) is 4.80 Å². The number of aromatic nitrogens is 4. The molecule has 1 aromatic heterocycles. The smallest absolute Gasteiger partial charge is 0.305 e. The average Bonchev–Trinajstić information content (AvgIpc) is 3.29. The zero-order chi connectivity index (χ0) is 20.3. The number of hydrogen-bond acceptors (Lipinski definition) is 6. The summed E-state index contributed by atoms with van der Waals surface area (Å²) >= 11 is 0. The molecule has 2 aromatic rings. The molecule has 9 heteroatoms. The summed E-state index contributed by atoms with van der Waals surface area (Å²) in [5, 5.41) is 21.8. The van der Waals surface area contributed by atoms with Crippen LogP contribution in [0.2, 0.25) is 0 Å². The highest BCUT2D eigenvalue weighted by atomic mass is 16.5. The minimum absolute atomic E-state index is 0.0996. The zero-order valence-electron chi connectivity index (χ0n) is 16.2. The highest BCUT2D eigenvalue weighted by Gasteiger charge is 2.41. The van der Waals surface area contributed by atoms with Gasteiger partial charge in [-0.1, -0.05) is 44.2 Å². The highest BCUT2D eigenvalue weighted by molar-refractivity contribution is 5.82.